The number of halogens is 1. The van der Waals surface area contributed by atoms with Crippen LogP contribution in [0.25, 0.3) is 0 Å². The van der Waals surface area contributed by atoms with Crippen LogP contribution in [0.4, 0.5) is 10.1 Å². The highest BCUT2D eigenvalue weighted by atomic mass is 19.1. The van der Waals surface area contributed by atoms with Crippen molar-refractivity contribution in [2.45, 2.75) is 13.5 Å². The van der Waals surface area contributed by atoms with Gasteiger partial charge in [0, 0.05) is 32.9 Å². The predicted octanol–water partition coefficient (Wildman–Crippen LogP) is 2.21. The maximum Gasteiger partial charge on any atom is 0.338 e. The molecule has 0 heterocycles. The summed E-state index contributed by atoms with van der Waals surface area (Å²) in [5.41, 5.74) is 2.02. The minimum atomic E-state index is -0.606. The Morgan fingerprint density at radius 3 is 2.20 bits per heavy atom. The number of nitrogens with zero attached hydrogens (tertiary/aromatic N) is 2. The highest BCUT2D eigenvalue weighted by molar-refractivity contribution is 5.92. The summed E-state index contributed by atoms with van der Waals surface area (Å²) in [7, 11) is 3.78. The van der Waals surface area contributed by atoms with Crippen LogP contribution in [0.2, 0.25) is 0 Å². The summed E-state index contributed by atoms with van der Waals surface area (Å²) in [6.45, 7) is 1.63. The minimum absolute atomic E-state index is 0.161. The van der Waals surface area contributed by atoms with Gasteiger partial charge in [0.15, 0.2) is 6.61 Å². The third-order valence-corrected chi connectivity index (χ3v) is 4.42. The molecule has 1 N–H and O–H groups in total. The first kappa shape index (κ1) is 22.9. The molecule has 0 aliphatic carbocycles. The Hall–Kier alpha value is -3.42. The summed E-state index contributed by atoms with van der Waals surface area (Å²) >= 11 is 0. The average Bonchev–Trinajstić information content (AvgIpc) is 2.75. The van der Waals surface area contributed by atoms with Crippen LogP contribution >= 0.6 is 0 Å². The monoisotopic (exact) mass is 415 g/mol. The lowest BCUT2D eigenvalue weighted by Gasteiger charge is -2.20. The van der Waals surface area contributed by atoms with Gasteiger partial charge in [0.05, 0.1) is 12.1 Å². The lowest BCUT2D eigenvalue weighted by molar-refractivity contribution is -0.138. The van der Waals surface area contributed by atoms with Crippen molar-refractivity contribution >= 4 is 23.5 Å². The number of likely N-dealkylation sites (N-methyl/N-ethyl adjacent to an activating group) is 1. The molecule has 2 amide bonds. The van der Waals surface area contributed by atoms with Gasteiger partial charge in [-0.1, -0.05) is 12.1 Å². The number of carbonyl (C=O) groups excluding carboxylic acids is 3. The van der Waals surface area contributed by atoms with Crippen LogP contribution in [0, 0.1) is 5.82 Å². The molecule has 0 saturated heterocycles. The first-order chi connectivity index (χ1) is 14.3. The number of carbonyl (C=O) groups is 3. The minimum Gasteiger partial charge on any atom is -0.452 e. The summed E-state index contributed by atoms with van der Waals surface area (Å²) in [5.74, 6) is -1.78. The summed E-state index contributed by atoms with van der Waals surface area (Å²) in [6, 6.07) is 12.6. The Kier molecular flexibility index (Phi) is 8.34. The number of esters is 1. The van der Waals surface area contributed by atoms with E-state index in [1.54, 1.807) is 43.3 Å². The van der Waals surface area contributed by atoms with E-state index in [1.165, 1.54) is 17.0 Å². The lowest BCUT2D eigenvalue weighted by atomic mass is 10.2. The van der Waals surface area contributed by atoms with Crippen molar-refractivity contribution in [3.05, 3.63) is 65.5 Å². The molecule has 0 saturated carbocycles. The second-order valence-electron chi connectivity index (χ2n) is 6.83. The molecule has 0 aromatic heterocycles. The zero-order valence-corrected chi connectivity index (χ0v) is 17.4. The van der Waals surface area contributed by atoms with Crippen molar-refractivity contribution in [1.82, 2.24) is 10.2 Å². The van der Waals surface area contributed by atoms with Gasteiger partial charge < -0.3 is 19.9 Å². The molecular formula is C22H26FN3O4. The highest BCUT2D eigenvalue weighted by Gasteiger charge is 2.18. The molecule has 2 aromatic carbocycles. The van der Waals surface area contributed by atoms with Gasteiger partial charge in [-0.3, -0.25) is 9.59 Å². The van der Waals surface area contributed by atoms with Crippen molar-refractivity contribution in [3.63, 3.8) is 0 Å². The molecule has 0 fully saturated rings. The maximum atomic E-state index is 12.9. The average molecular weight is 415 g/mol. The van der Waals surface area contributed by atoms with Gasteiger partial charge in [0.1, 0.15) is 5.82 Å². The molecule has 160 valence electrons. The molecule has 0 aliphatic rings. The van der Waals surface area contributed by atoms with E-state index >= 15 is 0 Å². The van der Waals surface area contributed by atoms with Gasteiger partial charge in [0.2, 0.25) is 5.91 Å². The van der Waals surface area contributed by atoms with E-state index in [9.17, 15) is 18.8 Å². The van der Waals surface area contributed by atoms with Crippen LogP contribution in [0.3, 0.4) is 0 Å². The van der Waals surface area contributed by atoms with Crippen molar-refractivity contribution in [2.75, 3.05) is 38.7 Å². The fraction of sp³-hybridized carbons (Fsp3) is 0.318. The Morgan fingerprint density at radius 2 is 1.63 bits per heavy atom. The normalized spacial score (nSPS) is 10.3. The van der Waals surface area contributed by atoms with Crippen LogP contribution in [0.5, 0.6) is 0 Å². The molecule has 0 bridgehead atoms. The zero-order chi connectivity index (χ0) is 22.1. The van der Waals surface area contributed by atoms with Crippen LogP contribution in [-0.2, 0) is 20.9 Å². The van der Waals surface area contributed by atoms with E-state index in [0.29, 0.717) is 5.56 Å². The summed E-state index contributed by atoms with van der Waals surface area (Å²) in [6.07, 6.45) is 0. The number of hydrogen-bond donors (Lipinski definition) is 1. The number of nitrogens with one attached hydrogen (secondary N) is 1. The Morgan fingerprint density at radius 1 is 1.00 bits per heavy atom. The number of rotatable bonds is 9. The van der Waals surface area contributed by atoms with Crippen molar-refractivity contribution in [2.24, 2.45) is 0 Å². The molecule has 0 spiro atoms. The van der Waals surface area contributed by atoms with Gasteiger partial charge >= 0.3 is 5.97 Å². The number of anilines is 1. The second kappa shape index (κ2) is 10.9. The third-order valence-electron chi connectivity index (χ3n) is 4.42. The van der Waals surface area contributed by atoms with E-state index in [2.05, 4.69) is 5.32 Å². The predicted molar refractivity (Wildman–Crippen MR) is 112 cm³/mol. The molecule has 0 radical (unpaired) electrons. The SMILES string of the molecule is CCN(CC(=O)NCc1ccc(F)cc1)C(=O)COC(=O)c1ccc(N(C)C)cc1. The molecule has 8 heteroatoms. The van der Waals surface area contributed by atoms with Crippen LogP contribution in [0.15, 0.2) is 48.5 Å². The number of ether oxygens (including phenoxy) is 1. The molecule has 0 atom stereocenters. The fourth-order valence-corrected chi connectivity index (χ4v) is 2.61. The van der Waals surface area contributed by atoms with Crippen LogP contribution in [0.1, 0.15) is 22.8 Å². The van der Waals surface area contributed by atoms with Gasteiger partial charge in [-0.2, -0.15) is 0 Å². The highest BCUT2D eigenvalue weighted by Crippen LogP contribution is 2.13. The smallest absolute Gasteiger partial charge is 0.338 e. The number of benzene rings is 2. The van der Waals surface area contributed by atoms with E-state index in [1.807, 2.05) is 19.0 Å². The summed E-state index contributed by atoms with van der Waals surface area (Å²) < 4.78 is 18.0. The van der Waals surface area contributed by atoms with Gasteiger partial charge in [0.25, 0.3) is 5.91 Å². The number of hydrogen-bond acceptors (Lipinski definition) is 5. The quantitative estimate of drug-likeness (QED) is 0.636. The molecule has 7 nitrogen and oxygen atoms in total. The molecule has 2 rings (SSSR count). The zero-order valence-electron chi connectivity index (χ0n) is 17.4. The lowest BCUT2D eigenvalue weighted by Crippen LogP contribution is -2.42. The van der Waals surface area contributed by atoms with Crippen molar-refractivity contribution in [1.29, 1.82) is 0 Å². The Bertz CT molecular complexity index is 867. The van der Waals surface area contributed by atoms with Gasteiger partial charge in [-0.25, -0.2) is 9.18 Å². The number of amides is 2. The first-order valence-corrected chi connectivity index (χ1v) is 9.53. The largest absolute Gasteiger partial charge is 0.452 e. The van der Waals surface area contributed by atoms with E-state index in [0.717, 1.165) is 11.3 Å². The summed E-state index contributed by atoms with van der Waals surface area (Å²) in [4.78, 5) is 39.8. The standard InChI is InChI=1S/C22H26FN3O4/c1-4-26(14-20(27)24-13-16-5-9-18(23)10-6-16)21(28)15-30-22(29)17-7-11-19(12-8-17)25(2)3/h5-12H,4,13-15H2,1-3H3,(H,24,27). The second-order valence-corrected chi connectivity index (χ2v) is 6.83. The van der Waals surface area contributed by atoms with Crippen LogP contribution < -0.4 is 10.2 Å². The van der Waals surface area contributed by atoms with E-state index < -0.39 is 18.5 Å². The van der Waals surface area contributed by atoms with Crippen molar-refractivity contribution in [3.8, 4) is 0 Å². The molecule has 30 heavy (non-hydrogen) atoms. The van der Waals surface area contributed by atoms with Crippen molar-refractivity contribution < 1.29 is 23.5 Å². The maximum absolute atomic E-state index is 12.9. The van der Waals surface area contributed by atoms with E-state index in [-0.39, 0.29) is 31.4 Å². The molecule has 0 aliphatic heterocycles. The Labute approximate surface area is 175 Å². The first-order valence-electron chi connectivity index (χ1n) is 9.53. The van der Waals surface area contributed by atoms with Crippen LogP contribution in [-0.4, -0.2) is 56.5 Å². The molecule has 0 unspecified atom stereocenters. The molecule has 2 aromatic rings. The summed E-state index contributed by atoms with van der Waals surface area (Å²) in [5, 5.41) is 2.68. The van der Waals surface area contributed by atoms with Gasteiger partial charge in [-0.15, -0.1) is 0 Å². The molecular weight excluding hydrogens is 389 g/mol. The Balaban J connectivity index is 1.81. The van der Waals surface area contributed by atoms with E-state index in [4.69, 9.17) is 4.74 Å². The topological polar surface area (TPSA) is 79.0 Å². The fourth-order valence-electron chi connectivity index (χ4n) is 2.61. The third kappa shape index (κ3) is 6.88. The van der Waals surface area contributed by atoms with Gasteiger partial charge in [-0.05, 0) is 48.9 Å².